The van der Waals surface area contributed by atoms with Crippen molar-refractivity contribution >= 4 is 0 Å². The van der Waals surface area contributed by atoms with Crippen LogP contribution >= 0.6 is 0 Å². The zero-order valence-corrected chi connectivity index (χ0v) is 13.5. The van der Waals surface area contributed by atoms with Gasteiger partial charge in [-0.3, -0.25) is 4.90 Å². The summed E-state index contributed by atoms with van der Waals surface area (Å²) in [6.07, 6.45) is 0.987. The Balaban J connectivity index is 1.62. The maximum Gasteiger partial charge on any atom is 0.0594 e. The van der Waals surface area contributed by atoms with E-state index >= 15 is 0 Å². The lowest BCUT2D eigenvalue weighted by molar-refractivity contribution is 0.0357. The van der Waals surface area contributed by atoms with E-state index in [1.54, 1.807) is 0 Å². The number of aliphatic hydroxyl groups excluding tert-OH is 1. The maximum atomic E-state index is 9.75. The van der Waals surface area contributed by atoms with E-state index in [9.17, 15) is 5.11 Å². The first-order chi connectivity index (χ1) is 11.4. The van der Waals surface area contributed by atoms with Crippen molar-refractivity contribution in [2.24, 2.45) is 0 Å². The molecule has 0 saturated carbocycles. The van der Waals surface area contributed by atoms with E-state index in [-0.39, 0.29) is 12.5 Å². The Labute approximate surface area is 138 Å². The molecule has 3 heteroatoms. The molecule has 3 rings (SSSR count). The standard InChI is InChI=1S/C20H25NO2/c22-16-20(10-11-21-12-14-23-15-13-21)19-8-6-18(7-9-19)17-4-2-1-3-5-17/h1-9,20,22H,10-16H2/t20-/m1/s1. The van der Waals surface area contributed by atoms with Crippen LogP contribution in [0.3, 0.4) is 0 Å². The highest BCUT2D eigenvalue weighted by Gasteiger charge is 2.15. The van der Waals surface area contributed by atoms with Crippen LogP contribution in [0.4, 0.5) is 0 Å². The van der Waals surface area contributed by atoms with E-state index in [0.29, 0.717) is 0 Å². The zero-order chi connectivity index (χ0) is 15.9. The number of aliphatic hydroxyl groups is 1. The van der Waals surface area contributed by atoms with Crippen LogP contribution in [-0.2, 0) is 4.74 Å². The Bertz CT molecular complexity index is 576. The average molecular weight is 311 g/mol. The van der Waals surface area contributed by atoms with Crippen molar-refractivity contribution in [1.29, 1.82) is 0 Å². The van der Waals surface area contributed by atoms with Gasteiger partial charge in [0.05, 0.1) is 13.2 Å². The first-order valence-corrected chi connectivity index (χ1v) is 8.43. The predicted octanol–water partition coefficient (Wildman–Crippen LogP) is 3.15. The Kier molecular flexibility index (Phi) is 5.81. The van der Waals surface area contributed by atoms with Crippen molar-refractivity contribution < 1.29 is 9.84 Å². The largest absolute Gasteiger partial charge is 0.396 e. The van der Waals surface area contributed by atoms with Gasteiger partial charge in [0.1, 0.15) is 0 Å². The van der Waals surface area contributed by atoms with Gasteiger partial charge in [0, 0.05) is 25.6 Å². The van der Waals surface area contributed by atoms with E-state index in [0.717, 1.165) is 39.3 Å². The molecule has 122 valence electrons. The lowest BCUT2D eigenvalue weighted by Gasteiger charge is -2.28. The quantitative estimate of drug-likeness (QED) is 0.889. The lowest BCUT2D eigenvalue weighted by atomic mass is 9.94. The lowest BCUT2D eigenvalue weighted by Crippen LogP contribution is -2.37. The molecule has 0 aliphatic carbocycles. The molecule has 1 heterocycles. The Hall–Kier alpha value is -1.68. The van der Waals surface area contributed by atoms with Crippen LogP contribution in [0.2, 0.25) is 0 Å². The SMILES string of the molecule is OC[C@@H](CCN1CCOCC1)c1ccc(-c2ccccc2)cc1. The second-order valence-electron chi connectivity index (χ2n) is 6.11. The van der Waals surface area contributed by atoms with Crippen molar-refractivity contribution in [3.8, 4) is 11.1 Å². The van der Waals surface area contributed by atoms with Gasteiger partial charge in [0.25, 0.3) is 0 Å². The van der Waals surface area contributed by atoms with Gasteiger partial charge in [0.2, 0.25) is 0 Å². The van der Waals surface area contributed by atoms with Gasteiger partial charge in [-0.15, -0.1) is 0 Å². The normalized spacial score (nSPS) is 17.1. The van der Waals surface area contributed by atoms with Gasteiger partial charge in [0.15, 0.2) is 0 Å². The van der Waals surface area contributed by atoms with Crippen molar-refractivity contribution in [2.75, 3.05) is 39.5 Å². The molecule has 2 aromatic carbocycles. The van der Waals surface area contributed by atoms with Gasteiger partial charge in [-0.05, 0) is 29.7 Å². The molecule has 1 fully saturated rings. The molecule has 1 aliphatic rings. The molecule has 0 radical (unpaired) electrons. The summed E-state index contributed by atoms with van der Waals surface area (Å²) in [6.45, 7) is 4.89. The van der Waals surface area contributed by atoms with E-state index in [1.165, 1.54) is 16.7 Å². The highest BCUT2D eigenvalue weighted by Crippen LogP contribution is 2.24. The summed E-state index contributed by atoms with van der Waals surface area (Å²) in [7, 11) is 0. The molecule has 23 heavy (non-hydrogen) atoms. The fourth-order valence-electron chi connectivity index (χ4n) is 3.10. The fourth-order valence-corrected chi connectivity index (χ4v) is 3.10. The molecule has 1 saturated heterocycles. The molecule has 0 amide bonds. The minimum atomic E-state index is 0.203. The third-order valence-electron chi connectivity index (χ3n) is 4.61. The summed E-state index contributed by atoms with van der Waals surface area (Å²) >= 11 is 0. The van der Waals surface area contributed by atoms with Crippen LogP contribution in [0.5, 0.6) is 0 Å². The Morgan fingerprint density at radius 3 is 2.22 bits per heavy atom. The van der Waals surface area contributed by atoms with E-state index < -0.39 is 0 Å². The molecule has 3 nitrogen and oxygen atoms in total. The van der Waals surface area contributed by atoms with Crippen molar-refractivity contribution in [3.63, 3.8) is 0 Å². The van der Waals surface area contributed by atoms with Crippen molar-refractivity contribution in [3.05, 3.63) is 60.2 Å². The van der Waals surface area contributed by atoms with Gasteiger partial charge in [-0.2, -0.15) is 0 Å². The van der Waals surface area contributed by atoms with Crippen LogP contribution in [0.1, 0.15) is 17.9 Å². The Morgan fingerprint density at radius 1 is 0.913 bits per heavy atom. The van der Waals surface area contributed by atoms with Crippen LogP contribution in [0, 0.1) is 0 Å². The van der Waals surface area contributed by atoms with Crippen LogP contribution < -0.4 is 0 Å². The fraction of sp³-hybridized carbons (Fsp3) is 0.400. The van der Waals surface area contributed by atoms with Gasteiger partial charge >= 0.3 is 0 Å². The summed E-state index contributed by atoms with van der Waals surface area (Å²) < 4.78 is 5.38. The third-order valence-corrected chi connectivity index (χ3v) is 4.61. The number of benzene rings is 2. The van der Waals surface area contributed by atoms with E-state index in [1.807, 2.05) is 6.07 Å². The Morgan fingerprint density at radius 2 is 1.57 bits per heavy atom. The first-order valence-electron chi connectivity index (χ1n) is 8.43. The molecule has 1 N–H and O–H groups in total. The summed E-state index contributed by atoms with van der Waals surface area (Å²) in [5.41, 5.74) is 3.67. The summed E-state index contributed by atoms with van der Waals surface area (Å²) in [6, 6.07) is 19.0. The molecular formula is C20H25NO2. The molecular weight excluding hydrogens is 286 g/mol. The highest BCUT2D eigenvalue weighted by atomic mass is 16.5. The van der Waals surface area contributed by atoms with Crippen LogP contribution in [0.15, 0.2) is 54.6 Å². The molecule has 1 aliphatic heterocycles. The molecule has 0 bridgehead atoms. The maximum absolute atomic E-state index is 9.75. The van der Waals surface area contributed by atoms with Gasteiger partial charge in [-0.1, -0.05) is 54.6 Å². The smallest absolute Gasteiger partial charge is 0.0594 e. The van der Waals surface area contributed by atoms with E-state index in [4.69, 9.17) is 4.74 Å². The monoisotopic (exact) mass is 311 g/mol. The second kappa shape index (κ2) is 8.25. The number of ether oxygens (including phenoxy) is 1. The first kappa shape index (κ1) is 16.2. The molecule has 2 aromatic rings. The molecule has 1 atom stereocenters. The summed E-state index contributed by atoms with van der Waals surface area (Å²) in [4.78, 5) is 2.42. The number of morpholine rings is 1. The number of hydrogen-bond acceptors (Lipinski definition) is 3. The predicted molar refractivity (Wildman–Crippen MR) is 93.6 cm³/mol. The molecule has 0 aromatic heterocycles. The molecule has 0 spiro atoms. The summed E-state index contributed by atoms with van der Waals surface area (Å²) in [5, 5.41) is 9.75. The van der Waals surface area contributed by atoms with Crippen molar-refractivity contribution in [2.45, 2.75) is 12.3 Å². The zero-order valence-electron chi connectivity index (χ0n) is 13.5. The molecule has 0 unspecified atom stereocenters. The van der Waals surface area contributed by atoms with Gasteiger partial charge in [-0.25, -0.2) is 0 Å². The van der Waals surface area contributed by atoms with E-state index in [2.05, 4.69) is 53.4 Å². The van der Waals surface area contributed by atoms with Crippen LogP contribution in [-0.4, -0.2) is 49.5 Å². The summed E-state index contributed by atoms with van der Waals surface area (Å²) in [5.74, 6) is 0.211. The topological polar surface area (TPSA) is 32.7 Å². The second-order valence-corrected chi connectivity index (χ2v) is 6.11. The minimum absolute atomic E-state index is 0.203. The number of rotatable bonds is 6. The number of nitrogens with zero attached hydrogens (tertiary/aromatic N) is 1. The highest BCUT2D eigenvalue weighted by molar-refractivity contribution is 5.63. The van der Waals surface area contributed by atoms with Crippen molar-refractivity contribution in [1.82, 2.24) is 4.90 Å². The minimum Gasteiger partial charge on any atom is -0.396 e. The third kappa shape index (κ3) is 4.41. The van der Waals surface area contributed by atoms with Gasteiger partial charge < -0.3 is 9.84 Å². The van der Waals surface area contributed by atoms with Crippen LogP contribution in [0.25, 0.3) is 11.1 Å². The average Bonchev–Trinajstić information content (AvgIpc) is 2.64. The number of hydrogen-bond donors (Lipinski definition) is 1.